The number of hydrogen-bond donors (Lipinski definition) is 0. The third kappa shape index (κ3) is 9.79. The molecular weight excluding hydrogens is 692 g/mol. The standard InChI is InChI=1S/C28H40F12O8/c1-5-23(2,26(32,33)34)22(41)48-20-11-16-10-18(20)17(12-21(25(29,30)31)46-14-44-8-6-42-3)19(16)13-24(27(35,36)37,28(38,39)40)47-15-45-9-7-43-4/h16-21H,5-15H2,1-4H3. The van der Waals surface area contributed by atoms with Crippen LogP contribution in [0.25, 0.3) is 0 Å². The van der Waals surface area contributed by atoms with E-state index in [0.29, 0.717) is 6.92 Å². The van der Waals surface area contributed by atoms with Gasteiger partial charge in [-0.15, -0.1) is 0 Å². The molecule has 0 saturated heterocycles. The number of alkyl halides is 12. The highest BCUT2D eigenvalue weighted by atomic mass is 19.4. The Labute approximate surface area is 269 Å². The molecule has 0 aromatic rings. The Bertz CT molecular complexity index is 989. The van der Waals surface area contributed by atoms with Crippen LogP contribution >= 0.6 is 0 Å². The SMILES string of the molecule is CCC(C)(C(=O)OC1CC2CC1C(CC(OCOCCOC)C(F)(F)F)C2CC(OCOCCOC)(C(F)(F)F)C(F)(F)F)C(F)(F)F. The third-order valence-electron chi connectivity index (χ3n) is 9.23. The molecule has 0 aromatic heterocycles. The van der Waals surface area contributed by atoms with Gasteiger partial charge < -0.3 is 33.2 Å². The highest BCUT2D eigenvalue weighted by Crippen LogP contribution is 2.61. The maximum Gasteiger partial charge on any atom is 0.426 e. The predicted octanol–water partition coefficient (Wildman–Crippen LogP) is 7.00. The minimum atomic E-state index is -6.14. The highest BCUT2D eigenvalue weighted by Gasteiger charge is 2.74. The van der Waals surface area contributed by atoms with Crippen LogP contribution in [-0.2, 0) is 38.0 Å². The zero-order valence-corrected chi connectivity index (χ0v) is 26.5. The van der Waals surface area contributed by atoms with E-state index < -0.39 is 123 Å². The Kier molecular flexibility index (Phi) is 14.7. The number of halogens is 12. The molecule has 0 aliphatic heterocycles. The Hall–Kier alpha value is -1.61. The zero-order chi connectivity index (χ0) is 36.8. The molecule has 8 nitrogen and oxygen atoms in total. The molecule has 2 bridgehead atoms. The summed E-state index contributed by atoms with van der Waals surface area (Å²) in [5.41, 5.74) is -7.93. The first-order chi connectivity index (χ1) is 22.0. The normalized spacial score (nSPS) is 25.7. The quantitative estimate of drug-likeness (QED) is 0.0609. The van der Waals surface area contributed by atoms with Crippen molar-refractivity contribution in [1.82, 2.24) is 0 Å². The Morgan fingerprint density at radius 1 is 0.750 bits per heavy atom. The average Bonchev–Trinajstić information content (AvgIpc) is 3.50. The van der Waals surface area contributed by atoms with E-state index in [-0.39, 0.29) is 26.2 Å². The lowest BCUT2D eigenvalue weighted by atomic mass is 9.70. The number of rotatable bonds is 19. The smallest absolute Gasteiger partial charge is 0.426 e. The summed E-state index contributed by atoms with van der Waals surface area (Å²) in [7, 11) is 2.46. The second-order valence-corrected chi connectivity index (χ2v) is 12.0. The molecule has 2 fully saturated rings. The van der Waals surface area contributed by atoms with Crippen molar-refractivity contribution in [3.63, 3.8) is 0 Å². The molecule has 0 aromatic carbocycles. The fraction of sp³-hybridized carbons (Fsp3) is 0.964. The van der Waals surface area contributed by atoms with Gasteiger partial charge in [-0.05, 0) is 62.7 Å². The molecule has 0 heterocycles. The van der Waals surface area contributed by atoms with E-state index in [4.69, 9.17) is 23.7 Å². The number of methoxy groups -OCH3 is 2. The number of fused-ring (bicyclic) bond motifs is 2. The third-order valence-corrected chi connectivity index (χ3v) is 9.23. The van der Waals surface area contributed by atoms with Crippen LogP contribution in [0.3, 0.4) is 0 Å². The molecule has 20 heteroatoms. The van der Waals surface area contributed by atoms with Crippen LogP contribution in [0.5, 0.6) is 0 Å². The van der Waals surface area contributed by atoms with Crippen LogP contribution in [0.1, 0.15) is 46.0 Å². The zero-order valence-electron chi connectivity index (χ0n) is 26.5. The van der Waals surface area contributed by atoms with Gasteiger partial charge >= 0.3 is 30.7 Å². The molecule has 7 atom stereocenters. The van der Waals surface area contributed by atoms with Gasteiger partial charge in [-0.25, -0.2) is 0 Å². The minimum Gasteiger partial charge on any atom is -0.461 e. The largest absolute Gasteiger partial charge is 0.461 e. The Morgan fingerprint density at radius 3 is 1.75 bits per heavy atom. The van der Waals surface area contributed by atoms with E-state index in [2.05, 4.69) is 9.47 Å². The van der Waals surface area contributed by atoms with E-state index in [0.717, 1.165) is 6.92 Å². The van der Waals surface area contributed by atoms with E-state index in [1.807, 2.05) is 0 Å². The summed E-state index contributed by atoms with van der Waals surface area (Å²) in [5.74, 6) is -7.80. The fourth-order valence-corrected chi connectivity index (χ4v) is 6.23. The maximum atomic E-state index is 14.4. The van der Waals surface area contributed by atoms with Gasteiger partial charge in [0, 0.05) is 14.2 Å². The van der Waals surface area contributed by atoms with Crippen LogP contribution in [0.15, 0.2) is 0 Å². The first-order valence-corrected chi connectivity index (χ1v) is 14.9. The summed E-state index contributed by atoms with van der Waals surface area (Å²) in [6.45, 7) is -1.80. The Morgan fingerprint density at radius 2 is 1.29 bits per heavy atom. The van der Waals surface area contributed by atoms with Crippen molar-refractivity contribution >= 4 is 5.97 Å². The lowest BCUT2D eigenvalue weighted by molar-refractivity contribution is -0.399. The van der Waals surface area contributed by atoms with Gasteiger partial charge in [-0.1, -0.05) is 6.92 Å². The van der Waals surface area contributed by atoms with Gasteiger partial charge in [0.15, 0.2) is 11.5 Å². The summed E-state index contributed by atoms with van der Waals surface area (Å²) in [6.07, 6.45) is -31.6. The van der Waals surface area contributed by atoms with Crippen molar-refractivity contribution in [2.45, 2.75) is 88.5 Å². The predicted molar refractivity (Wildman–Crippen MR) is 139 cm³/mol. The lowest BCUT2D eigenvalue weighted by Crippen LogP contribution is -2.61. The molecule has 7 unspecified atom stereocenters. The molecule has 284 valence electrons. The Balaban J connectivity index is 2.51. The van der Waals surface area contributed by atoms with Crippen LogP contribution in [-0.4, -0.2) is 103 Å². The first-order valence-electron chi connectivity index (χ1n) is 14.9. The molecule has 2 aliphatic rings. The molecule has 0 N–H and O–H groups in total. The van der Waals surface area contributed by atoms with Gasteiger partial charge in [-0.2, -0.15) is 52.7 Å². The van der Waals surface area contributed by atoms with Gasteiger partial charge in [-0.3, -0.25) is 4.79 Å². The van der Waals surface area contributed by atoms with Gasteiger partial charge in [0.05, 0.1) is 26.4 Å². The van der Waals surface area contributed by atoms with Crippen LogP contribution in [0.4, 0.5) is 52.7 Å². The van der Waals surface area contributed by atoms with Crippen molar-refractivity contribution in [3.8, 4) is 0 Å². The molecular formula is C28H40F12O8. The summed E-state index contributed by atoms with van der Waals surface area (Å²) in [6, 6.07) is 0. The fourth-order valence-electron chi connectivity index (χ4n) is 6.23. The molecule has 2 aliphatic carbocycles. The number of carbonyl (C=O) groups excluding carboxylic acids is 1. The molecule has 2 rings (SSSR count). The number of hydrogen-bond acceptors (Lipinski definition) is 8. The lowest BCUT2D eigenvalue weighted by Gasteiger charge is -2.44. The molecule has 0 spiro atoms. The topological polar surface area (TPSA) is 81.7 Å². The monoisotopic (exact) mass is 732 g/mol. The first kappa shape index (κ1) is 42.6. The second kappa shape index (κ2) is 16.6. The van der Waals surface area contributed by atoms with E-state index in [9.17, 15) is 57.5 Å². The second-order valence-electron chi connectivity index (χ2n) is 12.0. The van der Waals surface area contributed by atoms with E-state index in [1.165, 1.54) is 14.2 Å². The number of esters is 1. The van der Waals surface area contributed by atoms with Crippen LogP contribution in [0.2, 0.25) is 0 Å². The highest BCUT2D eigenvalue weighted by molar-refractivity contribution is 5.77. The van der Waals surface area contributed by atoms with Crippen LogP contribution in [0, 0.1) is 29.1 Å². The van der Waals surface area contributed by atoms with Crippen molar-refractivity contribution in [2.75, 3.05) is 54.2 Å². The van der Waals surface area contributed by atoms with Gasteiger partial charge in [0.2, 0.25) is 0 Å². The van der Waals surface area contributed by atoms with Gasteiger partial charge in [0.25, 0.3) is 5.60 Å². The molecule has 48 heavy (non-hydrogen) atoms. The summed E-state index contributed by atoms with van der Waals surface area (Å²) in [4.78, 5) is 12.7. The molecule has 0 radical (unpaired) electrons. The van der Waals surface area contributed by atoms with Gasteiger partial charge in [0.1, 0.15) is 19.7 Å². The van der Waals surface area contributed by atoms with Crippen molar-refractivity contribution in [1.29, 1.82) is 0 Å². The van der Waals surface area contributed by atoms with Crippen molar-refractivity contribution in [3.05, 3.63) is 0 Å². The molecule has 0 amide bonds. The summed E-state index contributed by atoms with van der Waals surface area (Å²) < 4.78 is 203. The van der Waals surface area contributed by atoms with Crippen molar-refractivity contribution in [2.24, 2.45) is 29.1 Å². The van der Waals surface area contributed by atoms with E-state index in [1.54, 1.807) is 0 Å². The van der Waals surface area contributed by atoms with E-state index >= 15 is 0 Å². The minimum absolute atomic E-state index is 0.0394. The summed E-state index contributed by atoms with van der Waals surface area (Å²) >= 11 is 0. The number of ether oxygens (including phenoxy) is 7. The maximum absolute atomic E-state index is 14.4. The average molecular weight is 733 g/mol. The number of carbonyl (C=O) groups is 1. The van der Waals surface area contributed by atoms with Crippen LogP contribution < -0.4 is 0 Å². The molecule has 2 saturated carbocycles. The summed E-state index contributed by atoms with van der Waals surface area (Å²) in [5, 5.41) is 0. The van der Waals surface area contributed by atoms with Crippen molar-refractivity contribution < 1.29 is 90.6 Å².